The lowest BCUT2D eigenvalue weighted by Crippen LogP contribution is -2.51. The number of nitrogens with zero attached hydrogens (tertiary/aromatic N) is 1. The summed E-state index contributed by atoms with van der Waals surface area (Å²) < 4.78 is 13.9. The number of carbonyl (C=O) groups is 3. The smallest absolute Gasteiger partial charge is 0.238 e. The number of carbonyl (C=O) groups excluding carboxylic acids is 3. The van der Waals surface area contributed by atoms with Gasteiger partial charge in [-0.1, -0.05) is 66.2 Å². The van der Waals surface area contributed by atoms with Gasteiger partial charge in [-0.2, -0.15) is 0 Å². The Bertz CT molecular complexity index is 1780. The van der Waals surface area contributed by atoms with E-state index in [-0.39, 0.29) is 23.0 Å². The number of ketones is 2. The number of benzene rings is 4. The number of aryl methyl sites for hydroxylation is 1. The molecule has 1 fully saturated rings. The highest BCUT2D eigenvalue weighted by molar-refractivity contribution is 6.18. The number of nitrogens with one attached hydrogen (secondary N) is 1. The van der Waals surface area contributed by atoms with E-state index in [1.165, 1.54) is 24.3 Å². The second kappa shape index (κ2) is 9.10. The molecule has 7 rings (SSSR count). The number of fused-ring (bicyclic) bond motifs is 6. The monoisotopic (exact) mass is 542 g/mol. The fourth-order valence-electron chi connectivity index (χ4n) is 7.11. The number of allylic oxidation sites excluding steroid dienone is 1. The van der Waals surface area contributed by atoms with Crippen molar-refractivity contribution in [3.63, 3.8) is 0 Å². The van der Waals surface area contributed by atoms with Crippen LogP contribution in [0.2, 0.25) is 0 Å². The Morgan fingerprint density at radius 1 is 0.829 bits per heavy atom. The van der Waals surface area contributed by atoms with Gasteiger partial charge in [-0.15, -0.1) is 0 Å². The van der Waals surface area contributed by atoms with Crippen LogP contribution in [0.5, 0.6) is 0 Å². The Morgan fingerprint density at radius 3 is 2.27 bits per heavy atom. The molecule has 5 nitrogen and oxygen atoms in total. The third kappa shape index (κ3) is 3.50. The van der Waals surface area contributed by atoms with E-state index in [9.17, 15) is 18.8 Å². The molecule has 1 saturated heterocycles. The maximum Gasteiger partial charge on any atom is 0.238 e. The number of halogens is 1. The molecule has 4 aromatic rings. The summed E-state index contributed by atoms with van der Waals surface area (Å²) in [6.07, 6.45) is 2.03. The van der Waals surface area contributed by atoms with Crippen LogP contribution in [0.3, 0.4) is 0 Å². The quantitative estimate of drug-likeness (QED) is 0.304. The van der Waals surface area contributed by atoms with Crippen LogP contribution in [-0.4, -0.2) is 29.6 Å². The van der Waals surface area contributed by atoms with Gasteiger partial charge in [0, 0.05) is 28.1 Å². The van der Waals surface area contributed by atoms with E-state index in [0.29, 0.717) is 16.8 Å². The summed E-state index contributed by atoms with van der Waals surface area (Å²) in [6, 6.07) is 26.1. The van der Waals surface area contributed by atoms with Gasteiger partial charge in [0.25, 0.3) is 0 Å². The van der Waals surface area contributed by atoms with Gasteiger partial charge in [0.05, 0.1) is 12.0 Å². The molecule has 3 aliphatic rings. The number of amides is 1. The number of anilines is 2. The van der Waals surface area contributed by atoms with Crippen molar-refractivity contribution in [3.05, 3.63) is 137 Å². The zero-order valence-electron chi connectivity index (χ0n) is 22.6. The van der Waals surface area contributed by atoms with Crippen LogP contribution < -0.4 is 10.2 Å². The largest absolute Gasteiger partial charge is 0.352 e. The third-order valence-electron chi connectivity index (χ3n) is 8.87. The molecular weight excluding hydrogens is 515 g/mol. The predicted molar refractivity (Wildman–Crippen MR) is 157 cm³/mol. The summed E-state index contributed by atoms with van der Waals surface area (Å²) in [5.74, 6) is -2.50. The summed E-state index contributed by atoms with van der Waals surface area (Å²) >= 11 is 0. The van der Waals surface area contributed by atoms with Crippen molar-refractivity contribution < 1.29 is 18.8 Å². The second-order valence-electron chi connectivity index (χ2n) is 11.1. The van der Waals surface area contributed by atoms with E-state index in [4.69, 9.17) is 0 Å². The Morgan fingerprint density at radius 2 is 1.51 bits per heavy atom. The molecule has 1 amide bonds. The van der Waals surface area contributed by atoms with Crippen molar-refractivity contribution in [2.24, 2.45) is 5.92 Å². The molecule has 6 heteroatoms. The normalized spacial score (nSPS) is 23.9. The number of Topliss-reactive ketones (excluding diaryl/α,β-unsaturated/α-hetero) is 2. The zero-order valence-corrected chi connectivity index (χ0v) is 22.6. The third-order valence-corrected chi connectivity index (χ3v) is 8.87. The molecular formula is C35H27FN2O3. The minimum Gasteiger partial charge on any atom is -0.352 e. The molecule has 41 heavy (non-hydrogen) atoms. The van der Waals surface area contributed by atoms with Crippen molar-refractivity contribution in [2.75, 3.05) is 10.2 Å². The van der Waals surface area contributed by atoms with Crippen LogP contribution in [0.4, 0.5) is 15.8 Å². The van der Waals surface area contributed by atoms with Gasteiger partial charge in [0.15, 0.2) is 11.6 Å². The molecule has 0 bridgehead atoms. The lowest BCUT2D eigenvalue weighted by molar-refractivity contribution is -0.121. The number of hydrogen-bond donors (Lipinski definition) is 1. The van der Waals surface area contributed by atoms with Gasteiger partial charge < -0.3 is 10.2 Å². The van der Waals surface area contributed by atoms with Crippen molar-refractivity contribution in [3.8, 4) is 0 Å². The Balaban J connectivity index is 1.56. The van der Waals surface area contributed by atoms with E-state index in [1.54, 1.807) is 24.3 Å². The van der Waals surface area contributed by atoms with E-state index in [2.05, 4.69) is 11.4 Å². The van der Waals surface area contributed by atoms with Crippen LogP contribution in [0.25, 0.3) is 5.57 Å². The van der Waals surface area contributed by atoms with E-state index in [0.717, 1.165) is 22.4 Å². The zero-order chi connectivity index (χ0) is 28.5. The summed E-state index contributed by atoms with van der Waals surface area (Å²) in [4.78, 5) is 45.7. The molecule has 4 atom stereocenters. The van der Waals surface area contributed by atoms with Gasteiger partial charge in [-0.3, -0.25) is 14.4 Å². The Labute approximate surface area is 237 Å². The average Bonchev–Trinajstić information content (AvgIpc) is 3.45. The molecule has 1 spiro atoms. The Hall–Kier alpha value is -4.84. The lowest BCUT2D eigenvalue weighted by Gasteiger charge is -2.39. The van der Waals surface area contributed by atoms with Gasteiger partial charge in [0.2, 0.25) is 5.91 Å². The fraction of sp³-hybridized carbons (Fsp3) is 0.171. The average molecular weight is 543 g/mol. The van der Waals surface area contributed by atoms with Crippen LogP contribution in [0, 0.1) is 18.7 Å². The number of rotatable bonds is 4. The maximum absolute atomic E-state index is 14.7. The summed E-state index contributed by atoms with van der Waals surface area (Å²) in [5.41, 5.74) is 4.43. The maximum atomic E-state index is 14.7. The van der Waals surface area contributed by atoms with Gasteiger partial charge in [-0.05, 0) is 67.4 Å². The van der Waals surface area contributed by atoms with Gasteiger partial charge in [-0.25, -0.2) is 4.39 Å². The van der Waals surface area contributed by atoms with Gasteiger partial charge in [0.1, 0.15) is 17.3 Å². The van der Waals surface area contributed by atoms with Gasteiger partial charge >= 0.3 is 0 Å². The molecule has 0 unspecified atom stereocenters. The van der Waals surface area contributed by atoms with Crippen molar-refractivity contribution in [1.29, 1.82) is 0 Å². The number of para-hydroxylation sites is 1. The highest BCUT2D eigenvalue weighted by Crippen LogP contribution is 2.58. The molecule has 0 radical (unpaired) electrons. The first kappa shape index (κ1) is 25.1. The van der Waals surface area contributed by atoms with Crippen LogP contribution in [0.15, 0.2) is 103 Å². The fourth-order valence-corrected chi connectivity index (χ4v) is 7.11. The first-order valence-corrected chi connectivity index (χ1v) is 13.7. The summed E-state index contributed by atoms with van der Waals surface area (Å²) in [5, 5.41) is 3.04. The molecule has 0 saturated carbocycles. The standard InChI is InChI=1S/C35H27FN2O3/c1-20-12-17-28-25(18-20)21(2)19-29-35(26-10-6-7-11-27(26)37-34(35)41)30(32(39)23-13-15-24(36)16-14-23)31(38(28)29)33(40)22-8-4-3-5-9-22/h3-19,29-31H,1-2H3,(H,37,41)/t29-,30-,31-,35-/m0/s1. The lowest BCUT2D eigenvalue weighted by atomic mass is 9.64. The second-order valence-corrected chi connectivity index (χ2v) is 11.1. The molecule has 1 N–H and O–H groups in total. The Kier molecular flexibility index (Phi) is 5.58. The molecule has 4 aromatic carbocycles. The molecule has 3 aliphatic heterocycles. The predicted octanol–water partition coefficient (Wildman–Crippen LogP) is 6.38. The summed E-state index contributed by atoms with van der Waals surface area (Å²) in [6.45, 7) is 4.02. The minimum absolute atomic E-state index is 0.246. The molecule has 3 heterocycles. The minimum atomic E-state index is -1.40. The van der Waals surface area contributed by atoms with Crippen LogP contribution in [-0.2, 0) is 10.2 Å². The van der Waals surface area contributed by atoms with Crippen LogP contribution >= 0.6 is 0 Å². The topological polar surface area (TPSA) is 66.5 Å². The highest BCUT2D eigenvalue weighted by Gasteiger charge is 2.70. The van der Waals surface area contributed by atoms with Crippen LogP contribution in [0.1, 0.15) is 44.3 Å². The molecule has 202 valence electrons. The highest BCUT2D eigenvalue weighted by atomic mass is 19.1. The van der Waals surface area contributed by atoms with E-state index < -0.39 is 29.2 Å². The van der Waals surface area contributed by atoms with Crippen molar-refractivity contribution >= 4 is 34.4 Å². The van der Waals surface area contributed by atoms with Crippen molar-refractivity contribution in [2.45, 2.75) is 31.3 Å². The first-order valence-electron chi connectivity index (χ1n) is 13.7. The molecule has 0 aliphatic carbocycles. The first-order chi connectivity index (χ1) is 19.8. The molecule has 0 aromatic heterocycles. The van der Waals surface area contributed by atoms with E-state index >= 15 is 0 Å². The SMILES string of the molecule is CC1=C[C@@H]2N(c3ccc(C)cc31)[C@H](C(=O)c1ccccc1)[C@@H](C(=O)c1ccc(F)cc1)[C@@]21C(=O)Nc2ccccc21. The van der Waals surface area contributed by atoms with Crippen molar-refractivity contribution in [1.82, 2.24) is 0 Å². The van der Waals surface area contributed by atoms with E-state index in [1.807, 2.05) is 67.3 Å². The summed E-state index contributed by atoms with van der Waals surface area (Å²) in [7, 11) is 0. The number of hydrogen-bond acceptors (Lipinski definition) is 4.